The number of nitrogens with zero attached hydrogens (tertiary/aromatic N) is 1. The predicted molar refractivity (Wildman–Crippen MR) is 114 cm³/mol. The van der Waals surface area contributed by atoms with Crippen molar-refractivity contribution in [3.05, 3.63) is 53.6 Å². The Morgan fingerprint density at radius 1 is 1.07 bits per heavy atom. The van der Waals surface area contributed by atoms with Crippen LogP contribution in [0.1, 0.15) is 18.1 Å². The first-order chi connectivity index (χ1) is 13.7. The number of rotatable bonds is 9. The van der Waals surface area contributed by atoms with Gasteiger partial charge in [0.1, 0.15) is 6.04 Å². The molecule has 8 heteroatoms. The largest absolute Gasteiger partial charge is 0.493 e. The summed E-state index contributed by atoms with van der Waals surface area (Å²) in [7, 11) is -0.491. The number of amides is 1. The standard InChI is InChI=1S/C21H28N2O5S/c1-15-6-9-18(10-7-15)23(29(5,25)26)16(2)21(24)22-13-12-17-8-11-19(27-3)20(14-17)28-4/h6-11,14,16H,12-13H2,1-5H3,(H,22,24)/t16-/m1/s1. The van der Waals surface area contributed by atoms with Gasteiger partial charge in [-0.25, -0.2) is 8.42 Å². The Labute approximate surface area is 172 Å². The summed E-state index contributed by atoms with van der Waals surface area (Å²) in [4.78, 5) is 12.6. The van der Waals surface area contributed by atoms with Crippen LogP contribution in [0.3, 0.4) is 0 Å². The van der Waals surface area contributed by atoms with Crippen molar-refractivity contribution in [3.8, 4) is 11.5 Å². The molecular weight excluding hydrogens is 392 g/mol. The Balaban J connectivity index is 2.05. The summed E-state index contributed by atoms with van der Waals surface area (Å²) in [6, 6.07) is 11.7. The predicted octanol–water partition coefficient (Wildman–Crippen LogP) is 2.53. The zero-order valence-electron chi connectivity index (χ0n) is 17.4. The molecule has 0 radical (unpaired) electrons. The van der Waals surface area contributed by atoms with Crippen molar-refractivity contribution >= 4 is 21.6 Å². The summed E-state index contributed by atoms with van der Waals surface area (Å²) in [5.41, 5.74) is 2.43. The fourth-order valence-corrected chi connectivity index (χ4v) is 4.19. The van der Waals surface area contributed by atoms with Crippen LogP contribution in [-0.2, 0) is 21.2 Å². The van der Waals surface area contributed by atoms with Crippen LogP contribution >= 0.6 is 0 Å². The zero-order valence-corrected chi connectivity index (χ0v) is 18.2. The summed E-state index contributed by atoms with van der Waals surface area (Å²) in [5, 5.41) is 2.81. The van der Waals surface area contributed by atoms with Crippen LogP contribution in [0.4, 0.5) is 5.69 Å². The average Bonchev–Trinajstić information content (AvgIpc) is 2.68. The van der Waals surface area contributed by atoms with E-state index in [9.17, 15) is 13.2 Å². The van der Waals surface area contributed by atoms with Gasteiger partial charge in [0.2, 0.25) is 15.9 Å². The molecule has 0 aliphatic carbocycles. The number of hydrogen-bond donors (Lipinski definition) is 1. The van der Waals surface area contributed by atoms with Crippen molar-refractivity contribution in [1.82, 2.24) is 5.32 Å². The molecular formula is C21H28N2O5S. The molecule has 1 N–H and O–H groups in total. The third-order valence-corrected chi connectivity index (χ3v) is 5.78. The highest BCUT2D eigenvalue weighted by Gasteiger charge is 2.28. The molecule has 0 bridgehead atoms. The molecule has 0 unspecified atom stereocenters. The molecule has 2 aromatic carbocycles. The van der Waals surface area contributed by atoms with Gasteiger partial charge in [-0.15, -0.1) is 0 Å². The second kappa shape index (κ2) is 9.65. The highest BCUT2D eigenvalue weighted by molar-refractivity contribution is 7.92. The minimum Gasteiger partial charge on any atom is -0.493 e. The Kier molecular flexibility index (Phi) is 7.50. The second-order valence-corrected chi connectivity index (χ2v) is 8.66. The number of nitrogens with one attached hydrogen (secondary N) is 1. The maximum absolute atomic E-state index is 12.6. The van der Waals surface area contributed by atoms with Crippen molar-refractivity contribution < 1.29 is 22.7 Å². The molecule has 2 aromatic rings. The lowest BCUT2D eigenvalue weighted by molar-refractivity contribution is -0.121. The molecule has 0 aliphatic heterocycles. The third-order valence-electron chi connectivity index (χ3n) is 4.54. The lowest BCUT2D eigenvalue weighted by atomic mass is 10.1. The van der Waals surface area contributed by atoms with Crippen LogP contribution in [0.5, 0.6) is 11.5 Å². The number of aryl methyl sites for hydroxylation is 1. The highest BCUT2D eigenvalue weighted by Crippen LogP contribution is 2.27. The molecule has 29 heavy (non-hydrogen) atoms. The Morgan fingerprint density at radius 3 is 2.24 bits per heavy atom. The van der Waals surface area contributed by atoms with Crippen molar-refractivity contribution in [2.24, 2.45) is 0 Å². The normalized spacial score (nSPS) is 12.2. The SMILES string of the molecule is COc1ccc(CCNC(=O)[C@@H](C)N(c2ccc(C)cc2)S(C)(=O)=O)cc1OC. The van der Waals surface area contributed by atoms with E-state index in [-0.39, 0.29) is 5.91 Å². The number of benzene rings is 2. The summed E-state index contributed by atoms with van der Waals surface area (Å²) < 4.78 is 36.3. The van der Waals surface area contributed by atoms with Gasteiger partial charge < -0.3 is 14.8 Å². The zero-order chi connectivity index (χ0) is 21.6. The molecule has 0 saturated carbocycles. The van der Waals surface area contributed by atoms with Gasteiger partial charge in [-0.2, -0.15) is 0 Å². The van der Waals surface area contributed by atoms with Gasteiger partial charge in [-0.05, 0) is 50.1 Å². The van der Waals surface area contributed by atoms with Crippen LogP contribution in [0, 0.1) is 6.92 Å². The van der Waals surface area contributed by atoms with Gasteiger partial charge in [0.25, 0.3) is 0 Å². The summed E-state index contributed by atoms with van der Waals surface area (Å²) >= 11 is 0. The number of carbonyl (C=O) groups is 1. The molecule has 0 spiro atoms. The lowest BCUT2D eigenvalue weighted by Crippen LogP contribution is -2.48. The topological polar surface area (TPSA) is 84.9 Å². The minimum absolute atomic E-state index is 0.364. The van der Waals surface area contributed by atoms with Gasteiger partial charge in [0, 0.05) is 6.54 Å². The fourth-order valence-electron chi connectivity index (χ4n) is 3.01. The maximum Gasteiger partial charge on any atom is 0.243 e. The first-order valence-electron chi connectivity index (χ1n) is 9.22. The van der Waals surface area contributed by atoms with Crippen molar-refractivity contribution in [1.29, 1.82) is 0 Å². The van der Waals surface area contributed by atoms with Gasteiger partial charge in [-0.3, -0.25) is 9.10 Å². The van der Waals surface area contributed by atoms with Crippen LogP contribution < -0.4 is 19.1 Å². The molecule has 0 aromatic heterocycles. The molecule has 1 atom stereocenters. The van der Waals surface area contributed by atoms with E-state index in [1.165, 1.54) is 0 Å². The monoisotopic (exact) mass is 420 g/mol. The van der Waals surface area contributed by atoms with Gasteiger partial charge in [0.05, 0.1) is 26.2 Å². The molecule has 1 amide bonds. The van der Waals surface area contributed by atoms with E-state index in [4.69, 9.17) is 9.47 Å². The van der Waals surface area contributed by atoms with E-state index < -0.39 is 16.1 Å². The number of carbonyl (C=O) groups excluding carboxylic acids is 1. The quantitative estimate of drug-likeness (QED) is 0.674. The Hall–Kier alpha value is -2.74. The van der Waals surface area contributed by atoms with Crippen LogP contribution in [0.25, 0.3) is 0 Å². The number of hydrogen-bond acceptors (Lipinski definition) is 5. The van der Waals surface area contributed by atoms with Gasteiger partial charge in [-0.1, -0.05) is 23.8 Å². The molecule has 2 rings (SSSR count). The maximum atomic E-state index is 12.6. The summed E-state index contributed by atoms with van der Waals surface area (Å²) in [6.45, 7) is 3.86. The molecule has 7 nitrogen and oxygen atoms in total. The molecule has 0 fully saturated rings. The number of methoxy groups -OCH3 is 2. The van der Waals surface area contributed by atoms with Crippen LogP contribution in [0.15, 0.2) is 42.5 Å². The Morgan fingerprint density at radius 2 is 1.69 bits per heavy atom. The van der Waals surface area contributed by atoms with Gasteiger partial charge >= 0.3 is 0 Å². The number of sulfonamides is 1. The van der Waals surface area contributed by atoms with E-state index in [0.29, 0.717) is 30.2 Å². The lowest BCUT2D eigenvalue weighted by Gasteiger charge is -2.28. The molecule has 158 valence electrons. The first-order valence-corrected chi connectivity index (χ1v) is 11.1. The first kappa shape index (κ1) is 22.5. The van der Waals surface area contributed by atoms with Crippen LogP contribution in [-0.4, -0.2) is 47.4 Å². The van der Waals surface area contributed by atoms with E-state index >= 15 is 0 Å². The van der Waals surface area contributed by atoms with Crippen molar-refractivity contribution in [2.75, 3.05) is 31.3 Å². The van der Waals surface area contributed by atoms with Crippen molar-refractivity contribution in [3.63, 3.8) is 0 Å². The fraction of sp³-hybridized carbons (Fsp3) is 0.381. The van der Waals surface area contributed by atoms with Crippen LogP contribution in [0.2, 0.25) is 0 Å². The minimum atomic E-state index is -3.63. The van der Waals surface area contributed by atoms with E-state index in [0.717, 1.165) is 21.7 Å². The van der Waals surface area contributed by atoms with Crippen molar-refractivity contribution in [2.45, 2.75) is 26.3 Å². The van der Waals surface area contributed by atoms with E-state index in [2.05, 4.69) is 5.32 Å². The van der Waals surface area contributed by atoms with Gasteiger partial charge in [0.15, 0.2) is 11.5 Å². The number of ether oxygens (including phenoxy) is 2. The molecule has 0 heterocycles. The summed E-state index contributed by atoms with van der Waals surface area (Å²) in [5.74, 6) is 0.889. The third kappa shape index (κ3) is 5.87. The summed E-state index contributed by atoms with van der Waals surface area (Å²) in [6.07, 6.45) is 1.67. The smallest absolute Gasteiger partial charge is 0.243 e. The van der Waals surface area contributed by atoms with E-state index in [1.54, 1.807) is 39.3 Å². The molecule has 0 saturated heterocycles. The second-order valence-electron chi connectivity index (χ2n) is 6.80. The number of anilines is 1. The van der Waals surface area contributed by atoms with E-state index in [1.807, 2.05) is 31.2 Å². The highest BCUT2D eigenvalue weighted by atomic mass is 32.2. The average molecular weight is 421 g/mol. The molecule has 0 aliphatic rings. The Bertz CT molecular complexity index is 942.